The number of piperazine rings is 1. The molecule has 0 spiro atoms. The molecule has 25 heavy (non-hydrogen) atoms. The molecule has 7 nitrogen and oxygen atoms in total. The molecule has 1 saturated carbocycles. The Kier molecular flexibility index (Phi) is 5.39. The zero-order valence-electron chi connectivity index (χ0n) is 14.0. The van der Waals surface area contributed by atoms with E-state index in [1.165, 1.54) is 12.1 Å². The van der Waals surface area contributed by atoms with Crippen LogP contribution in [0.1, 0.15) is 32.1 Å². The summed E-state index contributed by atoms with van der Waals surface area (Å²) in [6.07, 6.45) is 3.89. The molecular formula is C17H23N3O4S. The first-order valence-corrected chi connectivity index (χ1v) is 10.1. The van der Waals surface area contributed by atoms with Crippen molar-refractivity contribution in [1.82, 2.24) is 14.9 Å². The maximum atomic E-state index is 12.9. The highest BCUT2D eigenvalue weighted by Gasteiger charge is 2.39. The van der Waals surface area contributed by atoms with Crippen LogP contribution in [0.2, 0.25) is 0 Å². The lowest BCUT2D eigenvalue weighted by molar-refractivity contribution is -0.131. The van der Waals surface area contributed by atoms with Crippen LogP contribution >= 0.6 is 0 Å². The molecule has 1 atom stereocenters. The molecule has 1 aliphatic heterocycles. The van der Waals surface area contributed by atoms with Crippen molar-refractivity contribution in [3.05, 3.63) is 30.3 Å². The van der Waals surface area contributed by atoms with Crippen LogP contribution in [0.5, 0.6) is 0 Å². The Hall–Kier alpha value is -1.93. The molecule has 3 rings (SSSR count). The topological polar surface area (TPSA) is 95.6 Å². The second kappa shape index (κ2) is 7.53. The highest BCUT2D eigenvalue weighted by Crippen LogP contribution is 2.22. The summed E-state index contributed by atoms with van der Waals surface area (Å²) in [5.41, 5.74) is 0. The summed E-state index contributed by atoms with van der Waals surface area (Å²) in [4.78, 5) is 24.7. The van der Waals surface area contributed by atoms with Gasteiger partial charge in [0.15, 0.2) is 0 Å². The third kappa shape index (κ3) is 4.01. The molecule has 2 aliphatic rings. The van der Waals surface area contributed by atoms with E-state index in [0.29, 0.717) is 0 Å². The predicted octanol–water partition coefficient (Wildman–Crippen LogP) is 0.625. The van der Waals surface area contributed by atoms with Crippen LogP contribution in [0.3, 0.4) is 0 Å². The molecule has 0 unspecified atom stereocenters. The highest BCUT2D eigenvalue weighted by atomic mass is 32.2. The Balaban J connectivity index is 1.77. The van der Waals surface area contributed by atoms with Crippen LogP contribution in [-0.4, -0.2) is 49.7 Å². The second-order valence-electron chi connectivity index (χ2n) is 6.49. The highest BCUT2D eigenvalue weighted by molar-refractivity contribution is 7.89. The number of carbonyl (C=O) groups excluding carboxylic acids is 2. The molecule has 8 heteroatoms. The fourth-order valence-electron chi connectivity index (χ4n) is 3.44. The van der Waals surface area contributed by atoms with Crippen molar-refractivity contribution in [3.8, 4) is 0 Å². The van der Waals surface area contributed by atoms with Gasteiger partial charge >= 0.3 is 0 Å². The van der Waals surface area contributed by atoms with Crippen LogP contribution < -0.4 is 10.6 Å². The van der Waals surface area contributed by atoms with Crippen molar-refractivity contribution in [2.45, 2.75) is 49.1 Å². The second-order valence-corrected chi connectivity index (χ2v) is 8.38. The van der Waals surface area contributed by atoms with Crippen molar-refractivity contribution in [1.29, 1.82) is 0 Å². The van der Waals surface area contributed by atoms with E-state index >= 15 is 0 Å². The average molecular weight is 365 g/mol. The Bertz CT molecular complexity index is 730. The van der Waals surface area contributed by atoms with Gasteiger partial charge in [-0.15, -0.1) is 0 Å². The summed E-state index contributed by atoms with van der Waals surface area (Å²) in [5.74, 6) is -0.700. The van der Waals surface area contributed by atoms with Gasteiger partial charge < -0.3 is 10.6 Å². The van der Waals surface area contributed by atoms with Crippen LogP contribution in [0, 0.1) is 0 Å². The lowest BCUT2D eigenvalue weighted by atomic mass is 10.1. The summed E-state index contributed by atoms with van der Waals surface area (Å²) < 4.78 is 26.9. The van der Waals surface area contributed by atoms with E-state index in [1.807, 2.05) is 0 Å². The van der Waals surface area contributed by atoms with Gasteiger partial charge in [0.05, 0.1) is 11.3 Å². The SMILES string of the molecule is O=C(C[C@H]1C(=O)NCCN1S(=O)(=O)c1ccccc1)NC1CCCC1. The van der Waals surface area contributed by atoms with Gasteiger partial charge in [-0.25, -0.2) is 8.42 Å². The van der Waals surface area contributed by atoms with E-state index in [-0.39, 0.29) is 36.4 Å². The van der Waals surface area contributed by atoms with Crippen molar-refractivity contribution >= 4 is 21.8 Å². The summed E-state index contributed by atoms with van der Waals surface area (Å²) >= 11 is 0. The number of benzene rings is 1. The van der Waals surface area contributed by atoms with E-state index in [9.17, 15) is 18.0 Å². The largest absolute Gasteiger partial charge is 0.353 e. The van der Waals surface area contributed by atoms with Gasteiger partial charge in [0.1, 0.15) is 6.04 Å². The summed E-state index contributed by atoms with van der Waals surface area (Å²) in [5, 5.41) is 5.58. The van der Waals surface area contributed by atoms with Crippen molar-refractivity contribution in [3.63, 3.8) is 0 Å². The lowest BCUT2D eigenvalue weighted by Gasteiger charge is -2.33. The zero-order valence-corrected chi connectivity index (χ0v) is 14.8. The minimum absolute atomic E-state index is 0.130. The monoisotopic (exact) mass is 365 g/mol. The van der Waals surface area contributed by atoms with Gasteiger partial charge in [-0.2, -0.15) is 4.31 Å². The first-order valence-electron chi connectivity index (χ1n) is 8.62. The van der Waals surface area contributed by atoms with Crippen molar-refractivity contribution < 1.29 is 18.0 Å². The van der Waals surface area contributed by atoms with Gasteiger partial charge in [0.2, 0.25) is 21.8 Å². The van der Waals surface area contributed by atoms with Crippen LogP contribution in [-0.2, 0) is 19.6 Å². The van der Waals surface area contributed by atoms with Gasteiger partial charge in [0.25, 0.3) is 0 Å². The van der Waals surface area contributed by atoms with Crippen molar-refractivity contribution in [2.75, 3.05) is 13.1 Å². The minimum Gasteiger partial charge on any atom is -0.353 e. The van der Waals surface area contributed by atoms with Crippen molar-refractivity contribution in [2.24, 2.45) is 0 Å². The first-order chi connectivity index (χ1) is 12.0. The maximum absolute atomic E-state index is 12.9. The quantitative estimate of drug-likeness (QED) is 0.800. The molecule has 1 aliphatic carbocycles. The first kappa shape index (κ1) is 17.9. The van der Waals surface area contributed by atoms with E-state index < -0.39 is 22.0 Å². The standard InChI is InChI=1S/C17H23N3O4S/c21-16(19-13-6-4-5-7-13)12-15-17(22)18-10-11-20(15)25(23,24)14-8-2-1-3-9-14/h1-3,8-9,13,15H,4-7,10-12H2,(H,18,22)(H,19,21)/t15-/m0/s1. The average Bonchev–Trinajstić information content (AvgIpc) is 3.10. The van der Waals surface area contributed by atoms with Gasteiger partial charge in [-0.05, 0) is 25.0 Å². The van der Waals surface area contributed by atoms with E-state index in [2.05, 4.69) is 10.6 Å². The molecule has 1 aromatic rings. The third-order valence-electron chi connectivity index (χ3n) is 4.73. The zero-order chi connectivity index (χ0) is 17.9. The van der Waals surface area contributed by atoms with Crippen LogP contribution in [0.15, 0.2) is 35.2 Å². The number of nitrogens with one attached hydrogen (secondary N) is 2. The predicted molar refractivity (Wildman–Crippen MR) is 92.1 cm³/mol. The van der Waals surface area contributed by atoms with Gasteiger partial charge in [0, 0.05) is 19.1 Å². The Morgan fingerprint density at radius 2 is 1.88 bits per heavy atom. The normalized spacial score (nSPS) is 22.6. The van der Waals surface area contributed by atoms with Gasteiger partial charge in [-0.3, -0.25) is 9.59 Å². The molecule has 136 valence electrons. The Morgan fingerprint density at radius 3 is 2.56 bits per heavy atom. The number of hydrogen-bond acceptors (Lipinski definition) is 4. The molecule has 0 aromatic heterocycles. The molecule has 0 bridgehead atoms. The number of carbonyl (C=O) groups is 2. The van der Waals surface area contributed by atoms with E-state index in [0.717, 1.165) is 30.0 Å². The molecular weight excluding hydrogens is 342 g/mol. The van der Waals surface area contributed by atoms with Crippen LogP contribution in [0.25, 0.3) is 0 Å². The number of nitrogens with zero attached hydrogens (tertiary/aromatic N) is 1. The fraction of sp³-hybridized carbons (Fsp3) is 0.529. The number of hydrogen-bond donors (Lipinski definition) is 2. The smallest absolute Gasteiger partial charge is 0.243 e. The fourth-order valence-corrected chi connectivity index (χ4v) is 5.04. The molecule has 1 heterocycles. The number of sulfonamides is 1. The maximum Gasteiger partial charge on any atom is 0.243 e. The molecule has 1 saturated heterocycles. The minimum atomic E-state index is -3.82. The molecule has 1 aromatic carbocycles. The number of amides is 2. The van der Waals surface area contributed by atoms with Crippen LogP contribution in [0.4, 0.5) is 0 Å². The van der Waals surface area contributed by atoms with Gasteiger partial charge in [-0.1, -0.05) is 31.0 Å². The molecule has 0 radical (unpaired) electrons. The molecule has 2 fully saturated rings. The Morgan fingerprint density at radius 1 is 1.20 bits per heavy atom. The van der Waals surface area contributed by atoms with E-state index in [1.54, 1.807) is 18.2 Å². The lowest BCUT2D eigenvalue weighted by Crippen LogP contribution is -2.58. The molecule has 2 amide bonds. The third-order valence-corrected chi connectivity index (χ3v) is 6.65. The summed E-state index contributed by atoms with van der Waals surface area (Å²) in [6, 6.07) is 7.12. The molecule has 2 N–H and O–H groups in total. The van der Waals surface area contributed by atoms with E-state index in [4.69, 9.17) is 0 Å². The summed E-state index contributed by atoms with van der Waals surface area (Å²) in [7, 11) is -3.82. The summed E-state index contributed by atoms with van der Waals surface area (Å²) in [6.45, 7) is 0.399. The Labute approximate surface area is 147 Å². The number of rotatable bonds is 5.